The zero-order chi connectivity index (χ0) is 15.6. The fourth-order valence-corrected chi connectivity index (χ4v) is 3.20. The largest absolute Gasteiger partial charge is 0.312 e. The molecule has 0 aliphatic carbocycles. The Kier molecular flexibility index (Phi) is 3.54. The van der Waals surface area contributed by atoms with Crippen LogP contribution in [-0.4, -0.2) is 17.4 Å². The molecule has 2 heterocycles. The summed E-state index contributed by atoms with van der Waals surface area (Å²) < 4.78 is 0. The van der Waals surface area contributed by atoms with E-state index in [1.807, 2.05) is 53.4 Å². The Morgan fingerprint density at radius 1 is 0.870 bits per heavy atom. The Labute approximate surface area is 135 Å². The number of para-hydroxylation sites is 2. The second-order valence-corrected chi connectivity index (χ2v) is 5.91. The lowest BCUT2D eigenvalue weighted by atomic mass is 10.0. The van der Waals surface area contributed by atoms with Crippen LogP contribution in [0.1, 0.15) is 19.3 Å². The number of carbonyl (C=O) groups is 1. The topological polar surface area (TPSA) is 33.2 Å². The number of pyridine rings is 1. The highest BCUT2D eigenvalue weighted by molar-refractivity contribution is 5.98. The van der Waals surface area contributed by atoms with Crippen LogP contribution in [0.15, 0.2) is 60.7 Å². The molecule has 0 bridgehead atoms. The number of amides is 1. The van der Waals surface area contributed by atoms with E-state index in [9.17, 15) is 4.79 Å². The fraction of sp³-hybridized carbons (Fsp3) is 0.200. The number of carbonyl (C=O) groups excluding carboxylic acids is 1. The maximum Gasteiger partial charge on any atom is 0.226 e. The summed E-state index contributed by atoms with van der Waals surface area (Å²) in [6, 6.07) is 20.3. The number of rotatable bonds is 2. The highest BCUT2D eigenvalue weighted by atomic mass is 16.2. The van der Waals surface area contributed by atoms with Crippen LogP contribution in [-0.2, 0) is 4.79 Å². The van der Waals surface area contributed by atoms with E-state index in [0.29, 0.717) is 6.42 Å². The SMILES string of the molecule is O=C1CCCCN1c1ccccc1-c1ccc2ccccc2n1. The number of hydrogen-bond donors (Lipinski definition) is 0. The van der Waals surface area contributed by atoms with Crippen molar-refractivity contribution >= 4 is 22.5 Å². The summed E-state index contributed by atoms with van der Waals surface area (Å²) >= 11 is 0. The molecule has 1 aliphatic heterocycles. The van der Waals surface area contributed by atoms with Crippen molar-refractivity contribution in [3.63, 3.8) is 0 Å². The number of hydrogen-bond acceptors (Lipinski definition) is 2. The van der Waals surface area contributed by atoms with Gasteiger partial charge in [-0.15, -0.1) is 0 Å². The summed E-state index contributed by atoms with van der Waals surface area (Å²) in [5.74, 6) is 0.212. The first-order chi connectivity index (χ1) is 11.3. The van der Waals surface area contributed by atoms with Gasteiger partial charge in [-0.2, -0.15) is 0 Å². The van der Waals surface area contributed by atoms with E-state index in [-0.39, 0.29) is 5.91 Å². The molecule has 1 aliphatic rings. The molecule has 0 unspecified atom stereocenters. The minimum Gasteiger partial charge on any atom is -0.312 e. The molecule has 4 rings (SSSR count). The van der Waals surface area contributed by atoms with Gasteiger partial charge >= 0.3 is 0 Å². The van der Waals surface area contributed by atoms with Crippen molar-refractivity contribution in [1.29, 1.82) is 0 Å². The van der Waals surface area contributed by atoms with Gasteiger partial charge in [0.15, 0.2) is 0 Å². The van der Waals surface area contributed by atoms with Crippen LogP contribution in [0.25, 0.3) is 22.2 Å². The summed E-state index contributed by atoms with van der Waals surface area (Å²) in [5, 5.41) is 1.13. The molecule has 0 N–H and O–H groups in total. The fourth-order valence-electron chi connectivity index (χ4n) is 3.20. The molecule has 2 aromatic carbocycles. The summed E-state index contributed by atoms with van der Waals surface area (Å²) in [6.07, 6.45) is 2.69. The Morgan fingerprint density at radius 3 is 2.61 bits per heavy atom. The first-order valence-electron chi connectivity index (χ1n) is 8.08. The molecule has 0 spiro atoms. The zero-order valence-electron chi connectivity index (χ0n) is 12.9. The molecule has 0 atom stereocenters. The minimum absolute atomic E-state index is 0.212. The Bertz CT molecular complexity index is 872. The number of benzene rings is 2. The van der Waals surface area contributed by atoms with Crippen LogP contribution in [0.5, 0.6) is 0 Å². The highest BCUT2D eigenvalue weighted by Crippen LogP contribution is 2.32. The summed E-state index contributed by atoms with van der Waals surface area (Å²) in [4.78, 5) is 19.0. The quantitative estimate of drug-likeness (QED) is 0.702. The molecule has 0 radical (unpaired) electrons. The van der Waals surface area contributed by atoms with Crippen molar-refractivity contribution in [2.75, 3.05) is 11.4 Å². The standard InChI is InChI=1S/C20H18N2O/c23-20-11-5-6-14-22(20)19-10-4-2-8-16(19)18-13-12-15-7-1-3-9-17(15)21-18/h1-4,7-10,12-13H,5-6,11,14H2. The Morgan fingerprint density at radius 2 is 1.70 bits per heavy atom. The number of anilines is 1. The minimum atomic E-state index is 0.212. The molecule has 1 amide bonds. The van der Waals surface area contributed by atoms with Crippen LogP contribution in [0.2, 0.25) is 0 Å². The second-order valence-electron chi connectivity index (χ2n) is 5.91. The van der Waals surface area contributed by atoms with Gasteiger partial charge in [-0.05, 0) is 31.0 Å². The molecular weight excluding hydrogens is 284 g/mol. The van der Waals surface area contributed by atoms with E-state index in [1.54, 1.807) is 0 Å². The predicted octanol–water partition coefficient (Wildman–Crippen LogP) is 4.42. The molecule has 1 aromatic heterocycles. The van der Waals surface area contributed by atoms with E-state index in [0.717, 1.165) is 47.2 Å². The van der Waals surface area contributed by atoms with Crippen molar-refractivity contribution < 1.29 is 4.79 Å². The van der Waals surface area contributed by atoms with Crippen LogP contribution in [0.3, 0.4) is 0 Å². The van der Waals surface area contributed by atoms with Gasteiger partial charge < -0.3 is 4.90 Å². The van der Waals surface area contributed by atoms with Gasteiger partial charge in [-0.1, -0.05) is 42.5 Å². The van der Waals surface area contributed by atoms with Gasteiger partial charge in [0, 0.05) is 23.9 Å². The molecule has 0 saturated carbocycles. The number of aromatic nitrogens is 1. The molecule has 3 aromatic rings. The number of nitrogens with zero attached hydrogens (tertiary/aromatic N) is 2. The van der Waals surface area contributed by atoms with Crippen molar-refractivity contribution in [3.05, 3.63) is 60.7 Å². The average molecular weight is 302 g/mol. The van der Waals surface area contributed by atoms with Gasteiger partial charge in [0.05, 0.1) is 16.9 Å². The first-order valence-corrected chi connectivity index (χ1v) is 8.08. The lowest BCUT2D eigenvalue weighted by Crippen LogP contribution is -2.35. The van der Waals surface area contributed by atoms with Crippen LogP contribution < -0.4 is 4.90 Å². The molecule has 114 valence electrons. The van der Waals surface area contributed by atoms with Crippen molar-refractivity contribution in [3.8, 4) is 11.3 Å². The number of piperidine rings is 1. The van der Waals surface area contributed by atoms with E-state index in [1.165, 1.54) is 0 Å². The molecule has 1 fully saturated rings. The predicted molar refractivity (Wildman–Crippen MR) is 93.4 cm³/mol. The van der Waals surface area contributed by atoms with Crippen LogP contribution in [0, 0.1) is 0 Å². The van der Waals surface area contributed by atoms with Gasteiger partial charge in [0.2, 0.25) is 5.91 Å². The smallest absolute Gasteiger partial charge is 0.226 e. The van der Waals surface area contributed by atoms with Crippen molar-refractivity contribution in [2.24, 2.45) is 0 Å². The van der Waals surface area contributed by atoms with Gasteiger partial charge in [-0.3, -0.25) is 4.79 Å². The molecule has 1 saturated heterocycles. The lowest BCUT2D eigenvalue weighted by molar-refractivity contribution is -0.119. The van der Waals surface area contributed by atoms with Gasteiger partial charge in [-0.25, -0.2) is 4.98 Å². The molecule has 3 nitrogen and oxygen atoms in total. The first kappa shape index (κ1) is 13.9. The van der Waals surface area contributed by atoms with Gasteiger partial charge in [0.1, 0.15) is 0 Å². The Balaban J connectivity index is 1.83. The van der Waals surface area contributed by atoms with Crippen molar-refractivity contribution in [2.45, 2.75) is 19.3 Å². The maximum atomic E-state index is 12.3. The summed E-state index contributed by atoms with van der Waals surface area (Å²) in [6.45, 7) is 0.795. The van der Waals surface area contributed by atoms with E-state index < -0.39 is 0 Å². The third-order valence-corrected chi connectivity index (χ3v) is 4.39. The van der Waals surface area contributed by atoms with Crippen molar-refractivity contribution in [1.82, 2.24) is 4.98 Å². The highest BCUT2D eigenvalue weighted by Gasteiger charge is 2.22. The zero-order valence-corrected chi connectivity index (χ0v) is 12.9. The van der Waals surface area contributed by atoms with Gasteiger partial charge in [0.25, 0.3) is 0 Å². The Hall–Kier alpha value is -2.68. The second kappa shape index (κ2) is 5.84. The molecule has 23 heavy (non-hydrogen) atoms. The van der Waals surface area contributed by atoms with E-state index >= 15 is 0 Å². The maximum absolute atomic E-state index is 12.3. The number of fused-ring (bicyclic) bond motifs is 1. The summed E-state index contributed by atoms with van der Waals surface area (Å²) in [7, 11) is 0. The van der Waals surface area contributed by atoms with Crippen LogP contribution >= 0.6 is 0 Å². The lowest BCUT2D eigenvalue weighted by Gasteiger charge is -2.28. The molecular formula is C20H18N2O. The molecule has 3 heteroatoms. The normalized spacial score (nSPS) is 15.1. The van der Waals surface area contributed by atoms with E-state index in [2.05, 4.69) is 12.1 Å². The van der Waals surface area contributed by atoms with E-state index in [4.69, 9.17) is 4.98 Å². The third-order valence-electron chi connectivity index (χ3n) is 4.39. The monoisotopic (exact) mass is 302 g/mol. The third kappa shape index (κ3) is 2.59. The summed E-state index contributed by atoms with van der Waals surface area (Å²) in [5.41, 5.74) is 3.89. The van der Waals surface area contributed by atoms with Crippen LogP contribution in [0.4, 0.5) is 5.69 Å². The average Bonchev–Trinajstić information content (AvgIpc) is 2.62.